The van der Waals surface area contributed by atoms with Crippen LogP contribution in [-0.4, -0.2) is 74.6 Å². The van der Waals surface area contributed by atoms with Crippen LogP contribution in [0.3, 0.4) is 0 Å². The number of nitrogens with zero attached hydrogens (tertiary/aromatic N) is 2. The SMILES string of the molecule is CSC(=O)[C@@]1(OC(O)C2CC2)CCC2[C@@H]3CCC4=CC(=Nc5cccc(C(=O)N6CCC[C@@H]6C(N)=O)c5)C(=CN)C[C@]4(C)C3C(O)C[C@@]21C. The van der Waals surface area contributed by atoms with E-state index >= 15 is 0 Å². The highest BCUT2D eigenvalue weighted by Gasteiger charge is 2.70. The molecule has 4 saturated carbocycles. The summed E-state index contributed by atoms with van der Waals surface area (Å²) >= 11 is 1.17. The Bertz CT molecular complexity index is 1640. The van der Waals surface area contributed by atoms with Crippen molar-refractivity contribution < 1.29 is 29.3 Å². The molecule has 6 N–H and O–H groups in total. The van der Waals surface area contributed by atoms with Crippen molar-refractivity contribution in [2.75, 3.05) is 12.8 Å². The van der Waals surface area contributed by atoms with Crippen molar-refractivity contribution in [3.05, 3.63) is 53.3 Å². The number of primary amides is 1. The van der Waals surface area contributed by atoms with Crippen LogP contribution in [0.4, 0.5) is 5.69 Å². The first-order valence-corrected chi connectivity index (χ1v) is 19.1. The average Bonchev–Trinajstić information content (AvgIpc) is 3.74. The van der Waals surface area contributed by atoms with Crippen LogP contribution in [0.2, 0.25) is 0 Å². The molecule has 2 amide bonds. The van der Waals surface area contributed by atoms with Crippen molar-refractivity contribution in [2.45, 2.75) is 102 Å². The predicted octanol–water partition coefficient (Wildman–Crippen LogP) is 4.61. The summed E-state index contributed by atoms with van der Waals surface area (Å²) < 4.78 is 6.46. The fourth-order valence-corrected chi connectivity index (χ4v) is 11.4. The van der Waals surface area contributed by atoms with E-state index in [1.165, 1.54) is 17.3 Å². The van der Waals surface area contributed by atoms with Crippen molar-refractivity contribution in [2.24, 2.45) is 51.0 Å². The Morgan fingerprint density at radius 3 is 2.63 bits per heavy atom. The number of aliphatic hydroxyl groups is 2. The summed E-state index contributed by atoms with van der Waals surface area (Å²) in [6.07, 6.45) is 11.2. The lowest BCUT2D eigenvalue weighted by Crippen LogP contribution is -2.62. The van der Waals surface area contributed by atoms with Gasteiger partial charge in [0, 0.05) is 23.4 Å². The molecule has 7 rings (SSSR count). The average molecular weight is 691 g/mol. The number of carbonyl (C=O) groups excluding carboxylic acids is 3. The fourth-order valence-electron chi connectivity index (χ4n) is 10.7. The zero-order valence-corrected chi connectivity index (χ0v) is 29.6. The lowest BCUT2D eigenvalue weighted by molar-refractivity contribution is -0.241. The minimum absolute atomic E-state index is 0.0322. The molecule has 9 atom stereocenters. The number of hydrogen-bond acceptors (Lipinski definition) is 9. The Morgan fingerprint density at radius 1 is 1.16 bits per heavy atom. The van der Waals surface area contributed by atoms with Crippen molar-refractivity contribution in [3.8, 4) is 0 Å². The van der Waals surface area contributed by atoms with Gasteiger partial charge in [0.05, 0.1) is 17.5 Å². The summed E-state index contributed by atoms with van der Waals surface area (Å²) in [4.78, 5) is 45.6. The summed E-state index contributed by atoms with van der Waals surface area (Å²) in [6, 6.07) is 6.55. The Balaban J connectivity index is 1.17. The molecule has 4 unspecified atom stereocenters. The minimum Gasteiger partial charge on any atom is -0.404 e. The van der Waals surface area contributed by atoms with Gasteiger partial charge >= 0.3 is 0 Å². The van der Waals surface area contributed by atoms with Crippen molar-refractivity contribution in [3.63, 3.8) is 0 Å². The maximum atomic E-state index is 13.7. The molecule has 0 bridgehead atoms. The zero-order chi connectivity index (χ0) is 34.9. The molecule has 1 heterocycles. The van der Waals surface area contributed by atoms with E-state index in [0.717, 1.165) is 49.8 Å². The van der Waals surface area contributed by atoms with Gasteiger partial charge in [-0.2, -0.15) is 0 Å². The van der Waals surface area contributed by atoms with E-state index < -0.39 is 35.4 Å². The Kier molecular flexibility index (Phi) is 8.90. The first kappa shape index (κ1) is 34.5. The van der Waals surface area contributed by atoms with E-state index in [4.69, 9.17) is 21.2 Å². The minimum atomic E-state index is -1.12. The lowest BCUT2D eigenvalue weighted by Gasteiger charge is -2.61. The molecule has 1 saturated heterocycles. The molecule has 0 spiro atoms. The van der Waals surface area contributed by atoms with Gasteiger partial charge in [-0.3, -0.25) is 14.4 Å². The first-order valence-electron chi connectivity index (χ1n) is 17.9. The van der Waals surface area contributed by atoms with Crippen LogP contribution in [0, 0.1) is 34.5 Å². The van der Waals surface area contributed by atoms with Crippen LogP contribution in [0.5, 0.6) is 0 Å². The van der Waals surface area contributed by atoms with E-state index in [1.54, 1.807) is 35.6 Å². The number of ether oxygens (including phenoxy) is 1. The van der Waals surface area contributed by atoms with Gasteiger partial charge in [-0.1, -0.05) is 37.2 Å². The standard InChI is InChI=1S/C38H50N4O6S/c1-36-18-23(20-39)28(41-25-7-4-6-22(16-25)33(45)42-15-5-8-29(42)32(40)44)17-24(36)11-12-26-27-13-14-38(35(47)49-3,48-34(46)21-9-10-21)37(27,2)19-30(43)31(26)36/h4,6-7,16-17,20-21,26-27,29-31,34,43,46H,5,8-15,18-19,39H2,1-3H3,(H2,40,44)/t26-,27?,29+,30?,31?,34?,36-,37-,38-/m0/s1. The van der Waals surface area contributed by atoms with E-state index in [1.807, 2.05) is 6.07 Å². The number of aliphatic imine (C=N–C) groups is 1. The van der Waals surface area contributed by atoms with Gasteiger partial charge < -0.3 is 31.3 Å². The summed E-state index contributed by atoms with van der Waals surface area (Å²) in [5.41, 5.74) is 13.7. The Hall–Kier alpha value is -2.99. The third-order valence-electron chi connectivity index (χ3n) is 13.2. The van der Waals surface area contributed by atoms with E-state index in [0.29, 0.717) is 43.5 Å². The number of thioether (sulfide) groups is 1. The molecule has 5 fully saturated rings. The van der Waals surface area contributed by atoms with E-state index in [9.17, 15) is 24.6 Å². The Morgan fingerprint density at radius 2 is 1.94 bits per heavy atom. The molecule has 1 aromatic rings. The largest absolute Gasteiger partial charge is 0.404 e. The number of amides is 2. The zero-order valence-electron chi connectivity index (χ0n) is 28.8. The van der Waals surface area contributed by atoms with Gasteiger partial charge in [-0.05, 0) is 130 Å². The molecule has 0 aromatic heterocycles. The van der Waals surface area contributed by atoms with Gasteiger partial charge in [0.1, 0.15) is 11.6 Å². The molecule has 1 aromatic carbocycles. The molecule has 0 radical (unpaired) electrons. The maximum absolute atomic E-state index is 13.7. The second kappa shape index (κ2) is 12.7. The molecule has 5 aliphatic carbocycles. The monoisotopic (exact) mass is 690 g/mol. The summed E-state index contributed by atoms with van der Waals surface area (Å²) in [5, 5.41) is 23.0. The number of benzene rings is 1. The maximum Gasteiger partial charge on any atom is 0.254 e. The fraction of sp³-hybridized carbons (Fsp3) is 0.632. The molecular weight excluding hydrogens is 641 g/mol. The van der Waals surface area contributed by atoms with E-state index in [2.05, 4.69) is 19.9 Å². The number of hydrogen-bond donors (Lipinski definition) is 4. The van der Waals surface area contributed by atoms with Crippen LogP contribution in [0.15, 0.2) is 52.7 Å². The smallest absolute Gasteiger partial charge is 0.254 e. The topological polar surface area (TPSA) is 169 Å². The second-order valence-corrected chi connectivity index (χ2v) is 16.6. The third kappa shape index (κ3) is 5.50. The normalized spacial score (nSPS) is 39.2. The summed E-state index contributed by atoms with van der Waals surface area (Å²) in [7, 11) is 0. The van der Waals surface area contributed by atoms with Gasteiger partial charge in [0.2, 0.25) is 11.0 Å². The van der Waals surface area contributed by atoms with Gasteiger partial charge in [-0.15, -0.1) is 0 Å². The van der Waals surface area contributed by atoms with Crippen molar-refractivity contribution in [1.29, 1.82) is 0 Å². The summed E-state index contributed by atoms with van der Waals surface area (Å²) in [6.45, 7) is 4.86. The molecule has 11 heteroatoms. The highest BCUT2D eigenvalue weighted by atomic mass is 32.2. The van der Waals surface area contributed by atoms with Crippen LogP contribution in [0.25, 0.3) is 0 Å². The van der Waals surface area contributed by atoms with Gasteiger partial charge in [0.25, 0.3) is 5.91 Å². The quantitative estimate of drug-likeness (QED) is 0.301. The lowest BCUT2D eigenvalue weighted by atomic mass is 9.45. The predicted molar refractivity (Wildman–Crippen MR) is 189 cm³/mol. The molecule has 49 heavy (non-hydrogen) atoms. The number of fused-ring (bicyclic) bond motifs is 5. The number of allylic oxidation sites excluding steroid dienone is 3. The second-order valence-electron chi connectivity index (χ2n) is 15.8. The highest BCUT2D eigenvalue weighted by Crippen LogP contribution is 2.69. The van der Waals surface area contributed by atoms with Crippen molar-refractivity contribution >= 4 is 40.1 Å². The molecule has 1 aliphatic heterocycles. The van der Waals surface area contributed by atoms with Crippen molar-refractivity contribution in [1.82, 2.24) is 4.90 Å². The number of likely N-dealkylation sites (tertiary alicyclic amines) is 1. The number of nitrogens with two attached hydrogens (primary N) is 2. The molecular formula is C38H50N4O6S. The highest BCUT2D eigenvalue weighted by molar-refractivity contribution is 8.13. The van der Waals surface area contributed by atoms with Crippen LogP contribution < -0.4 is 11.5 Å². The molecule has 6 aliphatic rings. The van der Waals surface area contributed by atoms with E-state index in [-0.39, 0.29) is 40.1 Å². The molecule has 10 nitrogen and oxygen atoms in total. The Labute approximate surface area is 292 Å². The third-order valence-corrected chi connectivity index (χ3v) is 13.9. The van der Waals surface area contributed by atoms with Gasteiger partial charge in [-0.25, -0.2) is 4.99 Å². The van der Waals surface area contributed by atoms with Gasteiger partial charge in [0.15, 0.2) is 6.29 Å². The number of carbonyl (C=O) groups is 3. The number of rotatable bonds is 7. The summed E-state index contributed by atoms with van der Waals surface area (Å²) in [5.74, 6) is -0.308. The number of aliphatic hydroxyl groups excluding tert-OH is 2. The van der Waals surface area contributed by atoms with Crippen LogP contribution in [-0.2, 0) is 14.3 Å². The van der Waals surface area contributed by atoms with Crippen LogP contribution >= 0.6 is 11.8 Å². The van der Waals surface area contributed by atoms with Crippen LogP contribution in [0.1, 0.15) is 88.4 Å². The molecule has 264 valence electrons. The first-order chi connectivity index (χ1) is 23.4.